The molecule has 1 spiro atoms. The lowest BCUT2D eigenvalue weighted by Gasteiger charge is -2.50. The second kappa shape index (κ2) is 6.02. The van der Waals surface area contributed by atoms with Gasteiger partial charge in [0.25, 0.3) is 0 Å². The zero-order valence-electron chi connectivity index (χ0n) is 15.7. The number of rotatable bonds is 1. The number of hydrogen-bond acceptors (Lipinski definition) is 4. The molecule has 2 aromatic rings. The third-order valence-electron chi connectivity index (χ3n) is 5.31. The van der Waals surface area contributed by atoms with E-state index in [1.807, 2.05) is 12.1 Å². The molecule has 0 aliphatic carbocycles. The van der Waals surface area contributed by atoms with Gasteiger partial charge in [-0.15, -0.1) is 0 Å². The predicted molar refractivity (Wildman–Crippen MR) is 108 cm³/mol. The third kappa shape index (κ3) is 3.18. The number of nitrogens with one attached hydrogen (secondary N) is 2. The van der Waals surface area contributed by atoms with Gasteiger partial charge in [0, 0.05) is 29.9 Å². The summed E-state index contributed by atoms with van der Waals surface area (Å²) in [5.74, 6) is -0.0945. The number of phenolic OH excluding ortho intramolecular Hbond substituents is 2. The Hall–Kier alpha value is -2.47. The Kier molecular flexibility index (Phi) is 4.00. The van der Waals surface area contributed by atoms with E-state index in [-0.39, 0.29) is 23.0 Å². The predicted octanol–water partition coefficient (Wildman–Crippen LogP) is 3.66. The van der Waals surface area contributed by atoms with Gasteiger partial charge in [-0.2, -0.15) is 0 Å². The van der Waals surface area contributed by atoms with Crippen molar-refractivity contribution in [1.82, 2.24) is 10.6 Å². The Bertz CT molecular complexity index is 928. The second-order valence-corrected chi connectivity index (χ2v) is 8.67. The van der Waals surface area contributed by atoms with Crippen LogP contribution in [-0.4, -0.2) is 26.6 Å². The molecule has 27 heavy (non-hydrogen) atoms. The molecule has 4 rings (SSSR count). The number of fused-ring (bicyclic) bond motifs is 1. The highest BCUT2D eigenvalue weighted by molar-refractivity contribution is 7.80. The molecule has 2 unspecified atom stereocenters. The monoisotopic (exact) mass is 384 g/mol. The van der Waals surface area contributed by atoms with Crippen molar-refractivity contribution < 1.29 is 14.9 Å². The lowest BCUT2D eigenvalue weighted by Crippen LogP contribution is -2.69. The molecule has 0 aromatic heterocycles. The van der Waals surface area contributed by atoms with E-state index in [9.17, 15) is 10.2 Å². The summed E-state index contributed by atoms with van der Waals surface area (Å²) in [6.45, 7) is 6.21. The van der Waals surface area contributed by atoms with Crippen LogP contribution in [0, 0.1) is 6.92 Å². The first-order valence-corrected chi connectivity index (χ1v) is 9.50. The summed E-state index contributed by atoms with van der Waals surface area (Å²) >= 11 is 5.43. The lowest BCUT2D eigenvalue weighted by atomic mass is 9.77. The van der Waals surface area contributed by atoms with Crippen LogP contribution in [0.3, 0.4) is 0 Å². The molecule has 0 bridgehead atoms. The van der Waals surface area contributed by atoms with Gasteiger partial charge in [0.05, 0.1) is 0 Å². The first-order chi connectivity index (χ1) is 12.7. The zero-order chi connectivity index (χ0) is 19.4. The smallest absolute Gasteiger partial charge is 0.200 e. The van der Waals surface area contributed by atoms with E-state index in [1.54, 1.807) is 0 Å². The van der Waals surface area contributed by atoms with Gasteiger partial charge in [-0.25, -0.2) is 0 Å². The molecule has 6 heteroatoms. The van der Waals surface area contributed by atoms with Crippen molar-refractivity contribution in [2.24, 2.45) is 0 Å². The van der Waals surface area contributed by atoms with E-state index in [4.69, 9.17) is 17.0 Å². The molecule has 142 valence electrons. The highest BCUT2D eigenvalue weighted by atomic mass is 32.1. The molecule has 0 amide bonds. The van der Waals surface area contributed by atoms with Crippen LogP contribution < -0.4 is 15.4 Å². The lowest BCUT2D eigenvalue weighted by molar-refractivity contribution is -0.0150. The average molecular weight is 385 g/mol. The van der Waals surface area contributed by atoms with Crippen molar-refractivity contribution in [3.05, 3.63) is 53.1 Å². The Morgan fingerprint density at radius 3 is 2.63 bits per heavy atom. The number of thiocarbonyl (C=S) groups is 1. The number of aromatic hydroxyl groups is 2. The van der Waals surface area contributed by atoms with Gasteiger partial charge in [-0.05, 0) is 44.6 Å². The highest BCUT2D eigenvalue weighted by Gasteiger charge is 2.49. The third-order valence-corrected chi connectivity index (χ3v) is 5.52. The van der Waals surface area contributed by atoms with Crippen LogP contribution in [-0.2, 0) is 0 Å². The second-order valence-electron chi connectivity index (χ2n) is 8.26. The topological polar surface area (TPSA) is 73.8 Å². The maximum Gasteiger partial charge on any atom is 0.200 e. The van der Waals surface area contributed by atoms with Crippen LogP contribution in [0.5, 0.6) is 17.2 Å². The number of phenols is 2. The quantitative estimate of drug-likeness (QED) is 0.444. The van der Waals surface area contributed by atoms with E-state index in [1.165, 1.54) is 11.6 Å². The van der Waals surface area contributed by atoms with Gasteiger partial charge >= 0.3 is 0 Å². The summed E-state index contributed by atoms with van der Waals surface area (Å²) in [4.78, 5) is 0. The fourth-order valence-corrected chi connectivity index (χ4v) is 4.81. The van der Waals surface area contributed by atoms with Gasteiger partial charge in [-0.1, -0.05) is 35.9 Å². The largest absolute Gasteiger partial charge is 0.504 e. The first kappa shape index (κ1) is 17.9. The van der Waals surface area contributed by atoms with Gasteiger partial charge in [0.15, 0.2) is 22.3 Å². The van der Waals surface area contributed by atoms with Crippen molar-refractivity contribution in [2.45, 2.75) is 50.8 Å². The fraction of sp³-hybridized carbons (Fsp3) is 0.381. The number of aryl methyl sites for hydroxylation is 1. The van der Waals surface area contributed by atoms with E-state index >= 15 is 0 Å². The van der Waals surface area contributed by atoms with Gasteiger partial charge in [0.2, 0.25) is 5.75 Å². The molecule has 2 heterocycles. The Morgan fingerprint density at radius 1 is 1.15 bits per heavy atom. The van der Waals surface area contributed by atoms with Crippen molar-refractivity contribution in [2.75, 3.05) is 0 Å². The standard InChI is InChI=1S/C21H24N2O3S/c1-12-5-4-6-13(9-12)15-10-21(11-20(2,3)22-19(27)23-21)26-18-14(15)7-8-16(24)17(18)25/h4-9,15,24-25H,10-11H2,1-3H3,(H2,22,23,27). The summed E-state index contributed by atoms with van der Waals surface area (Å²) in [5, 5.41) is 27.6. The molecule has 1 fully saturated rings. The van der Waals surface area contributed by atoms with Gasteiger partial charge in [-0.3, -0.25) is 0 Å². The molecule has 4 N–H and O–H groups in total. The summed E-state index contributed by atoms with van der Waals surface area (Å²) in [7, 11) is 0. The Morgan fingerprint density at radius 2 is 1.93 bits per heavy atom. The van der Waals surface area contributed by atoms with E-state index in [0.717, 1.165) is 11.1 Å². The van der Waals surface area contributed by atoms with E-state index < -0.39 is 5.72 Å². The van der Waals surface area contributed by atoms with Crippen LogP contribution >= 0.6 is 12.2 Å². The molecule has 2 aliphatic heterocycles. The molecule has 1 saturated heterocycles. The Labute approximate surface area is 164 Å². The van der Waals surface area contributed by atoms with Gasteiger partial charge < -0.3 is 25.6 Å². The fourth-order valence-electron chi connectivity index (χ4n) is 4.35. The SMILES string of the molecule is Cc1cccc(C2CC3(CC(C)(C)NC(=S)N3)Oc3c2ccc(O)c3O)c1. The molecule has 2 aromatic carbocycles. The van der Waals surface area contributed by atoms with Crippen LogP contribution in [0.2, 0.25) is 0 Å². The minimum atomic E-state index is -0.765. The van der Waals surface area contributed by atoms with Crippen LogP contribution in [0.15, 0.2) is 36.4 Å². The van der Waals surface area contributed by atoms with Crippen molar-refractivity contribution >= 4 is 17.3 Å². The van der Waals surface area contributed by atoms with Crippen molar-refractivity contribution in [3.63, 3.8) is 0 Å². The maximum atomic E-state index is 10.5. The number of hydrogen-bond donors (Lipinski definition) is 4. The number of benzene rings is 2. The van der Waals surface area contributed by atoms with Gasteiger partial charge in [0.1, 0.15) is 0 Å². The summed E-state index contributed by atoms with van der Waals surface area (Å²) in [6.07, 6.45) is 1.32. The van der Waals surface area contributed by atoms with Crippen molar-refractivity contribution in [3.8, 4) is 17.2 Å². The molecule has 0 radical (unpaired) electrons. The molecular formula is C21H24N2O3S. The normalized spacial score (nSPS) is 25.9. The number of ether oxygens (including phenoxy) is 1. The Balaban J connectivity index is 1.87. The van der Waals surface area contributed by atoms with Crippen molar-refractivity contribution in [1.29, 1.82) is 0 Å². The minimum absolute atomic E-state index is 0.00403. The molecule has 0 saturated carbocycles. The highest BCUT2D eigenvalue weighted by Crippen LogP contribution is 2.52. The van der Waals surface area contributed by atoms with Crippen LogP contribution in [0.4, 0.5) is 0 Å². The molecular weight excluding hydrogens is 360 g/mol. The van der Waals surface area contributed by atoms with E-state index in [2.05, 4.69) is 49.6 Å². The first-order valence-electron chi connectivity index (χ1n) is 9.09. The van der Waals surface area contributed by atoms with E-state index in [0.29, 0.717) is 23.7 Å². The minimum Gasteiger partial charge on any atom is -0.504 e. The maximum absolute atomic E-state index is 10.5. The molecule has 2 aliphatic rings. The molecule has 2 atom stereocenters. The average Bonchev–Trinajstić information content (AvgIpc) is 2.56. The molecule has 5 nitrogen and oxygen atoms in total. The summed E-state index contributed by atoms with van der Waals surface area (Å²) in [6, 6.07) is 11.7. The summed E-state index contributed by atoms with van der Waals surface area (Å²) in [5.41, 5.74) is 2.16. The van der Waals surface area contributed by atoms with Crippen LogP contribution in [0.1, 0.15) is 49.3 Å². The summed E-state index contributed by atoms with van der Waals surface area (Å²) < 4.78 is 6.31. The van der Waals surface area contributed by atoms with Crippen LogP contribution in [0.25, 0.3) is 0 Å². The zero-order valence-corrected chi connectivity index (χ0v) is 16.5.